The van der Waals surface area contributed by atoms with Crippen molar-refractivity contribution < 1.29 is 8.78 Å². The fourth-order valence-corrected chi connectivity index (χ4v) is 1.92. The summed E-state index contributed by atoms with van der Waals surface area (Å²) in [7, 11) is 0. The molecule has 0 unspecified atom stereocenters. The van der Waals surface area contributed by atoms with E-state index < -0.39 is 11.6 Å². The Morgan fingerprint density at radius 3 is 2.45 bits per heavy atom. The molecule has 0 saturated carbocycles. The van der Waals surface area contributed by atoms with Gasteiger partial charge in [-0.3, -0.25) is 0 Å². The SMILES string of the molecule is Cc1nc2ncnc(-c3ccc(F)cc3F)c2nc1C. The molecule has 0 spiro atoms. The minimum Gasteiger partial charge on any atom is -0.246 e. The molecule has 20 heavy (non-hydrogen) atoms. The van der Waals surface area contributed by atoms with Gasteiger partial charge in [0, 0.05) is 11.6 Å². The lowest BCUT2D eigenvalue weighted by atomic mass is 10.1. The monoisotopic (exact) mass is 272 g/mol. The maximum Gasteiger partial charge on any atom is 0.182 e. The minimum absolute atomic E-state index is 0.177. The van der Waals surface area contributed by atoms with Crippen molar-refractivity contribution in [3.63, 3.8) is 0 Å². The number of fused-ring (bicyclic) bond motifs is 1. The molecule has 0 amide bonds. The van der Waals surface area contributed by atoms with Crippen LogP contribution in [0.5, 0.6) is 0 Å². The van der Waals surface area contributed by atoms with E-state index in [1.807, 2.05) is 6.92 Å². The second-order valence-corrected chi connectivity index (χ2v) is 4.41. The maximum atomic E-state index is 13.9. The Kier molecular flexibility index (Phi) is 2.85. The van der Waals surface area contributed by atoms with Gasteiger partial charge < -0.3 is 0 Å². The first-order valence-corrected chi connectivity index (χ1v) is 5.97. The third kappa shape index (κ3) is 1.99. The van der Waals surface area contributed by atoms with E-state index in [0.29, 0.717) is 16.9 Å². The average molecular weight is 272 g/mol. The fraction of sp³-hybridized carbons (Fsp3) is 0.143. The first-order chi connectivity index (χ1) is 9.56. The predicted molar refractivity (Wildman–Crippen MR) is 70.0 cm³/mol. The molecule has 100 valence electrons. The van der Waals surface area contributed by atoms with E-state index in [1.54, 1.807) is 6.92 Å². The molecule has 1 aromatic carbocycles. The number of halogens is 2. The summed E-state index contributed by atoms with van der Waals surface area (Å²) in [5, 5.41) is 0. The molecule has 3 rings (SSSR count). The van der Waals surface area contributed by atoms with E-state index in [4.69, 9.17) is 0 Å². The fourth-order valence-electron chi connectivity index (χ4n) is 1.92. The van der Waals surface area contributed by atoms with Gasteiger partial charge in [-0.1, -0.05) is 0 Å². The van der Waals surface area contributed by atoms with Crippen LogP contribution >= 0.6 is 0 Å². The molecule has 0 fully saturated rings. The number of aryl methyl sites for hydroxylation is 2. The van der Waals surface area contributed by atoms with Gasteiger partial charge in [0.15, 0.2) is 5.65 Å². The third-order valence-electron chi connectivity index (χ3n) is 3.07. The Balaban J connectivity index is 2.33. The van der Waals surface area contributed by atoms with Crippen LogP contribution in [-0.2, 0) is 0 Å². The lowest BCUT2D eigenvalue weighted by Crippen LogP contribution is -2.00. The first kappa shape index (κ1) is 12.5. The van der Waals surface area contributed by atoms with Crippen LogP contribution in [0.4, 0.5) is 8.78 Å². The zero-order valence-corrected chi connectivity index (χ0v) is 10.9. The highest BCUT2D eigenvalue weighted by atomic mass is 19.1. The summed E-state index contributed by atoms with van der Waals surface area (Å²) in [4.78, 5) is 16.8. The molecular weight excluding hydrogens is 262 g/mol. The largest absolute Gasteiger partial charge is 0.246 e. The normalized spacial score (nSPS) is 11.0. The van der Waals surface area contributed by atoms with Crippen LogP contribution in [0.2, 0.25) is 0 Å². The van der Waals surface area contributed by atoms with E-state index in [9.17, 15) is 8.78 Å². The molecule has 0 radical (unpaired) electrons. The second-order valence-electron chi connectivity index (χ2n) is 4.41. The molecule has 6 heteroatoms. The number of aromatic nitrogens is 4. The third-order valence-corrected chi connectivity index (χ3v) is 3.07. The van der Waals surface area contributed by atoms with Gasteiger partial charge in [-0.2, -0.15) is 0 Å². The molecule has 0 bridgehead atoms. The summed E-state index contributed by atoms with van der Waals surface area (Å²) in [6, 6.07) is 3.34. The highest BCUT2D eigenvalue weighted by molar-refractivity contribution is 5.86. The van der Waals surface area contributed by atoms with Crippen molar-refractivity contribution in [3.05, 3.63) is 47.5 Å². The van der Waals surface area contributed by atoms with Gasteiger partial charge in [0.05, 0.1) is 11.4 Å². The first-order valence-electron chi connectivity index (χ1n) is 5.97. The Hall–Kier alpha value is -2.50. The van der Waals surface area contributed by atoms with Crippen LogP contribution in [0.3, 0.4) is 0 Å². The van der Waals surface area contributed by atoms with Crippen molar-refractivity contribution >= 4 is 11.2 Å². The van der Waals surface area contributed by atoms with Gasteiger partial charge in [-0.05, 0) is 26.0 Å². The zero-order chi connectivity index (χ0) is 14.3. The van der Waals surface area contributed by atoms with Gasteiger partial charge in [-0.25, -0.2) is 28.7 Å². The van der Waals surface area contributed by atoms with Crippen LogP contribution in [0, 0.1) is 25.5 Å². The summed E-state index contributed by atoms with van der Waals surface area (Å²) < 4.78 is 26.9. The summed E-state index contributed by atoms with van der Waals surface area (Å²) in [5.74, 6) is -1.33. The molecule has 0 aliphatic carbocycles. The highest BCUT2D eigenvalue weighted by Gasteiger charge is 2.14. The Labute approximate surface area is 113 Å². The van der Waals surface area contributed by atoms with Crippen molar-refractivity contribution in [2.75, 3.05) is 0 Å². The number of nitrogens with zero attached hydrogens (tertiary/aromatic N) is 4. The molecule has 3 aromatic rings. The molecule has 0 N–H and O–H groups in total. The van der Waals surface area contributed by atoms with Crippen LogP contribution in [-0.4, -0.2) is 19.9 Å². The maximum absolute atomic E-state index is 13.9. The summed E-state index contributed by atoms with van der Waals surface area (Å²) >= 11 is 0. The van der Waals surface area contributed by atoms with Gasteiger partial charge >= 0.3 is 0 Å². The second kappa shape index (κ2) is 4.56. The zero-order valence-electron chi connectivity index (χ0n) is 10.9. The molecule has 0 aliphatic heterocycles. The van der Waals surface area contributed by atoms with Gasteiger partial charge in [0.2, 0.25) is 0 Å². The average Bonchev–Trinajstić information content (AvgIpc) is 2.40. The quantitative estimate of drug-likeness (QED) is 0.683. The summed E-state index contributed by atoms with van der Waals surface area (Å²) in [5.41, 5.74) is 2.75. The van der Waals surface area contributed by atoms with Crippen LogP contribution < -0.4 is 0 Å². The van der Waals surface area contributed by atoms with Crippen molar-refractivity contribution in [3.8, 4) is 11.3 Å². The molecule has 0 saturated heterocycles. The van der Waals surface area contributed by atoms with Crippen LogP contribution in [0.1, 0.15) is 11.4 Å². The smallest absolute Gasteiger partial charge is 0.182 e. The van der Waals surface area contributed by atoms with Gasteiger partial charge in [-0.15, -0.1) is 0 Å². The molecule has 0 atom stereocenters. The molecule has 2 heterocycles. The Morgan fingerprint density at radius 1 is 0.950 bits per heavy atom. The van der Waals surface area contributed by atoms with E-state index in [2.05, 4.69) is 19.9 Å². The van der Waals surface area contributed by atoms with Crippen LogP contribution in [0.25, 0.3) is 22.4 Å². The number of benzene rings is 1. The lowest BCUT2D eigenvalue weighted by Gasteiger charge is -2.07. The Morgan fingerprint density at radius 2 is 1.70 bits per heavy atom. The molecule has 4 nitrogen and oxygen atoms in total. The van der Waals surface area contributed by atoms with Crippen molar-refractivity contribution in [2.24, 2.45) is 0 Å². The summed E-state index contributed by atoms with van der Waals surface area (Å²) in [6.45, 7) is 3.63. The lowest BCUT2D eigenvalue weighted by molar-refractivity contribution is 0.585. The van der Waals surface area contributed by atoms with Gasteiger partial charge in [0.1, 0.15) is 29.2 Å². The minimum atomic E-state index is -0.690. The highest BCUT2D eigenvalue weighted by Crippen LogP contribution is 2.26. The topological polar surface area (TPSA) is 51.6 Å². The van der Waals surface area contributed by atoms with Crippen molar-refractivity contribution in [1.82, 2.24) is 19.9 Å². The van der Waals surface area contributed by atoms with E-state index in [0.717, 1.165) is 17.5 Å². The predicted octanol–water partition coefficient (Wildman–Crippen LogP) is 2.98. The van der Waals surface area contributed by atoms with Gasteiger partial charge in [0.25, 0.3) is 0 Å². The number of hydrogen-bond donors (Lipinski definition) is 0. The van der Waals surface area contributed by atoms with E-state index >= 15 is 0 Å². The number of hydrogen-bond acceptors (Lipinski definition) is 4. The summed E-state index contributed by atoms with van der Waals surface area (Å²) in [6.07, 6.45) is 1.30. The standard InChI is InChI=1S/C14H10F2N4/c1-7-8(2)20-14-13(19-7)12(17-6-18-14)10-4-3-9(15)5-11(10)16/h3-6H,1-2H3. The Bertz CT molecular complexity index is 818. The van der Waals surface area contributed by atoms with Crippen molar-refractivity contribution in [2.45, 2.75) is 13.8 Å². The van der Waals surface area contributed by atoms with Crippen LogP contribution in [0.15, 0.2) is 24.5 Å². The van der Waals surface area contributed by atoms with E-state index in [-0.39, 0.29) is 5.56 Å². The van der Waals surface area contributed by atoms with Crippen molar-refractivity contribution in [1.29, 1.82) is 0 Å². The van der Waals surface area contributed by atoms with E-state index in [1.165, 1.54) is 18.5 Å². The molecule has 0 aliphatic rings. The molecule has 2 aromatic heterocycles. The molecular formula is C14H10F2N4. The number of rotatable bonds is 1.